The molecule has 1 atom stereocenters. The van der Waals surface area contributed by atoms with E-state index >= 15 is 0 Å². The Morgan fingerprint density at radius 1 is 1.14 bits per heavy atom. The number of likely N-dealkylation sites (N-methyl/N-ethyl adjacent to an activating group) is 1. The van der Waals surface area contributed by atoms with Gasteiger partial charge in [0.2, 0.25) is 0 Å². The van der Waals surface area contributed by atoms with Gasteiger partial charge in [0.25, 0.3) is 0 Å². The number of rotatable bonds is 2. The zero-order valence-electron chi connectivity index (χ0n) is 10.3. The highest BCUT2D eigenvalue weighted by Gasteiger charge is 2.47. The van der Waals surface area contributed by atoms with Crippen LogP contribution in [-0.2, 0) is 0 Å². The summed E-state index contributed by atoms with van der Waals surface area (Å²) >= 11 is 0. The average Bonchev–Trinajstić information content (AvgIpc) is 2.50. The fraction of sp³-hybridized carbons (Fsp3) is 1.00. The number of hydrogen-bond acceptors (Lipinski definition) is 2. The molecule has 1 unspecified atom stereocenters. The second-order valence-corrected chi connectivity index (χ2v) is 5.97. The van der Waals surface area contributed by atoms with Crippen LogP contribution in [0.25, 0.3) is 0 Å². The first-order valence-corrected chi connectivity index (χ1v) is 5.66. The van der Waals surface area contributed by atoms with Crippen LogP contribution in [0.3, 0.4) is 0 Å². The summed E-state index contributed by atoms with van der Waals surface area (Å²) in [6.45, 7) is 6.38. The Hall–Kier alpha value is -0.0800. The predicted octanol–water partition coefficient (Wildman–Crippen LogP) is 2.27. The normalized spacial score (nSPS) is 24.2. The summed E-state index contributed by atoms with van der Waals surface area (Å²) in [6.07, 6.45) is 4.56. The van der Waals surface area contributed by atoms with Crippen LogP contribution in [0.1, 0.15) is 46.5 Å². The van der Waals surface area contributed by atoms with Crippen molar-refractivity contribution in [3.05, 3.63) is 0 Å². The molecule has 0 aliphatic heterocycles. The van der Waals surface area contributed by atoms with Crippen molar-refractivity contribution in [1.29, 1.82) is 0 Å². The molecular formula is C12H25NO. The highest BCUT2D eigenvalue weighted by atomic mass is 16.3. The molecule has 1 rings (SSSR count). The van der Waals surface area contributed by atoms with Crippen LogP contribution >= 0.6 is 0 Å². The zero-order chi connectivity index (χ0) is 11.0. The van der Waals surface area contributed by atoms with Gasteiger partial charge in [-0.1, -0.05) is 33.6 Å². The van der Waals surface area contributed by atoms with Gasteiger partial charge in [0.1, 0.15) is 0 Å². The van der Waals surface area contributed by atoms with Crippen molar-refractivity contribution < 1.29 is 5.11 Å². The summed E-state index contributed by atoms with van der Waals surface area (Å²) in [7, 11) is 4.20. The summed E-state index contributed by atoms with van der Waals surface area (Å²) < 4.78 is 0. The summed E-state index contributed by atoms with van der Waals surface area (Å²) in [6, 6.07) is 0. The van der Waals surface area contributed by atoms with Gasteiger partial charge in [-0.05, 0) is 32.4 Å². The third kappa shape index (κ3) is 1.96. The lowest BCUT2D eigenvalue weighted by Gasteiger charge is -2.46. The van der Waals surface area contributed by atoms with E-state index in [2.05, 4.69) is 39.8 Å². The van der Waals surface area contributed by atoms with Gasteiger partial charge < -0.3 is 10.0 Å². The largest absolute Gasteiger partial charge is 0.391 e. The molecule has 2 nitrogen and oxygen atoms in total. The van der Waals surface area contributed by atoms with Gasteiger partial charge in [0, 0.05) is 5.54 Å². The van der Waals surface area contributed by atoms with E-state index in [4.69, 9.17) is 0 Å². The highest BCUT2D eigenvalue weighted by Crippen LogP contribution is 2.42. The second-order valence-electron chi connectivity index (χ2n) is 5.97. The Balaban J connectivity index is 2.88. The summed E-state index contributed by atoms with van der Waals surface area (Å²) in [5.74, 6) is 0. The van der Waals surface area contributed by atoms with Gasteiger partial charge in [-0.2, -0.15) is 0 Å². The molecule has 0 radical (unpaired) electrons. The van der Waals surface area contributed by atoms with Crippen molar-refractivity contribution in [1.82, 2.24) is 4.90 Å². The maximum Gasteiger partial charge on any atom is 0.0771 e. The van der Waals surface area contributed by atoms with Crippen LogP contribution in [0.5, 0.6) is 0 Å². The smallest absolute Gasteiger partial charge is 0.0771 e. The quantitative estimate of drug-likeness (QED) is 0.737. The molecule has 14 heavy (non-hydrogen) atoms. The lowest BCUT2D eigenvalue weighted by molar-refractivity contribution is -0.0645. The third-order valence-electron chi connectivity index (χ3n) is 3.69. The molecule has 1 N–H and O–H groups in total. The molecule has 0 spiro atoms. The molecule has 1 aliphatic rings. The van der Waals surface area contributed by atoms with Crippen LogP contribution in [-0.4, -0.2) is 35.7 Å². The molecule has 1 fully saturated rings. The van der Waals surface area contributed by atoms with Gasteiger partial charge in [-0.3, -0.25) is 0 Å². The van der Waals surface area contributed by atoms with Crippen LogP contribution in [0.2, 0.25) is 0 Å². The standard InChI is InChI=1S/C12H25NO/c1-11(2,3)10(14)12(13(4)5)8-6-7-9-12/h10,14H,6-9H2,1-5H3. The minimum Gasteiger partial charge on any atom is -0.391 e. The first-order chi connectivity index (χ1) is 6.31. The molecule has 0 saturated heterocycles. The Labute approximate surface area is 88.3 Å². The maximum atomic E-state index is 10.5. The molecular weight excluding hydrogens is 174 g/mol. The lowest BCUT2D eigenvalue weighted by Crippen LogP contribution is -2.56. The van der Waals surface area contributed by atoms with Crippen molar-refractivity contribution in [2.24, 2.45) is 5.41 Å². The molecule has 1 saturated carbocycles. The van der Waals surface area contributed by atoms with Crippen molar-refractivity contribution >= 4 is 0 Å². The second kappa shape index (κ2) is 3.82. The maximum absolute atomic E-state index is 10.5. The zero-order valence-corrected chi connectivity index (χ0v) is 10.3. The van der Waals surface area contributed by atoms with Gasteiger partial charge >= 0.3 is 0 Å². The Morgan fingerprint density at radius 2 is 1.57 bits per heavy atom. The summed E-state index contributed by atoms with van der Waals surface area (Å²) in [5.41, 5.74) is 0.00681. The van der Waals surface area contributed by atoms with Crippen molar-refractivity contribution in [3.8, 4) is 0 Å². The van der Waals surface area contributed by atoms with Gasteiger partial charge in [0.15, 0.2) is 0 Å². The summed E-state index contributed by atoms with van der Waals surface area (Å²) in [4.78, 5) is 2.23. The van der Waals surface area contributed by atoms with E-state index in [9.17, 15) is 5.11 Å². The fourth-order valence-corrected chi connectivity index (χ4v) is 2.76. The van der Waals surface area contributed by atoms with Crippen molar-refractivity contribution in [2.75, 3.05) is 14.1 Å². The van der Waals surface area contributed by atoms with E-state index in [1.54, 1.807) is 0 Å². The van der Waals surface area contributed by atoms with Gasteiger partial charge in [-0.15, -0.1) is 0 Å². The van der Waals surface area contributed by atoms with Gasteiger partial charge in [-0.25, -0.2) is 0 Å². The topological polar surface area (TPSA) is 23.5 Å². The van der Waals surface area contributed by atoms with E-state index in [-0.39, 0.29) is 17.1 Å². The Kier molecular flexibility index (Phi) is 3.27. The molecule has 0 aromatic carbocycles. The minimum absolute atomic E-state index is 0.0192. The molecule has 1 aliphatic carbocycles. The van der Waals surface area contributed by atoms with E-state index < -0.39 is 0 Å². The average molecular weight is 199 g/mol. The lowest BCUT2D eigenvalue weighted by atomic mass is 9.74. The first-order valence-electron chi connectivity index (χ1n) is 5.66. The van der Waals surface area contributed by atoms with Crippen LogP contribution in [0.4, 0.5) is 0 Å². The molecule has 0 aromatic rings. The molecule has 0 heterocycles. The predicted molar refractivity (Wildman–Crippen MR) is 60.3 cm³/mol. The van der Waals surface area contributed by atoms with Crippen molar-refractivity contribution in [3.63, 3.8) is 0 Å². The van der Waals surface area contributed by atoms with E-state index in [0.717, 1.165) is 12.8 Å². The van der Waals surface area contributed by atoms with Crippen LogP contribution in [0, 0.1) is 5.41 Å². The first kappa shape index (κ1) is 12.0. The monoisotopic (exact) mass is 199 g/mol. The Bertz CT molecular complexity index is 187. The minimum atomic E-state index is -0.229. The molecule has 0 bridgehead atoms. The molecule has 0 aromatic heterocycles. The van der Waals surface area contributed by atoms with E-state index in [0.29, 0.717) is 0 Å². The molecule has 0 amide bonds. The summed E-state index contributed by atoms with van der Waals surface area (Å²) in [5, 5.41) is 10.5. The Morgan fingerprint density at radius 3 is 1.86 bits per heavy atom. The van der Waals surface area contributed by atoms with Crippen LogP contribution < -0.4 is 0 Å². The van der Waals surface area contributed by atoms with Gasteiger partial charge in [0.05, 0.1) is 6.10 Å². The number of aliphatic hydroxyl groups is 1. The number of aliphatic hydroxyl groups excluding tert-OH is 1. The van der Waals surface area contributed by atoms with E-state index in [1.165, 1.54) is 12.8 Å². The highest BCUT2D eigenvalue weighted by molar-refractivity contribution is 5.02. The number of hydrogen-bond donors (Lipinski definition) is 1. The van der Waals surface area contributed by atoms with Crippen LogP contribution in [0.15, 0.2) is 0 Å². The fourth-order valence-electron chi connectivity index (χ4n) is 2.76. The SMILES string of the molecule is CN(C)C1(C(O)C(C)(C)C)CCCC1. The molecule has 84 valence electrons. The third-order valence-corrected chi connectivity index (χ3v) is 3.69. The van der Waals surface area contributed by atoms with Crippen molar-refractivity contribution in [2.45, 2.75) is 58.1 Å². The number of nitrogens with zero attached hydrogens (tertiary/aromatic N) is 1. The molecule has 2 heteroatoms. The van der Waals surface area contributed by atoms with E-state index in [1.807, 2.05) is 0 Å².